The van der Waals surface area contributed by atoms with Crippen LogP contribution in [-0.4, -0.2) is 25.5 Å². The Morgan fingerprint density at radius 1 is 1.42 bits per heavy atom. The summed E-state index contributed by atoms with van der Waals surface area (Å²) in [6, 6.07) is 6.01. The topological polar surface area (TPSA) is 41.1 Å². The minimum Gasteiger partial charge on any atom is -0.352 e. The van der Waals surface area contributed by atoms with Crippen LogP contribution in [0.5, 0.6) is 0 Å². The molecule has 19 heavy (non-hydrogen) atoms. The van der Waals surface area contributed by atoms with E-state index in [-0.39, 0.29) is 18.3 Å². The van der Waals surface area contributed by atoms with Crippen LogP contribution in [0.25, 0.3) is 0 Å². The Morgan fingerprint density at radius 3 is 2.89 bits per heavy atom. The van der Waals surface area contributed by atoms with Crippen molar-refractivity contribution in [3.63, 3.8) is 0 Å². The van der Waals surface area contributed by atoms with E-state index in [0.717, 1.165) is 36.3 Å². The molecule has 1 saturated heterocycles. The van der Waals surface area contributed by atoms with E-state index in [1.165, 1.54) is 12.8 Å². The summed E-state index contributed by atoms with van der Waals surface area (Å²) >= 11 is 0. The summed E-state index contributed by atoms with van der Waals surface area (Å²) in [5, 5.41) is 6.43. The highest BCUT2D eigenvalue weighted by Crippen LogP contribution is 2.12. The second-order valence-corrected chi connectivity index (χ2v) is 5.24. The molecule has 0 bridgehead atoms. The second-order valence-electron chi connectivity index (χ2n) is 5.24. The van der Waals surface area contributed by atoms with E-state index in [1.807, 2.05) is 32.0 Å². The average molecular weight is 283 g/mol. The molecule has 1 atom stereocenters. The highest BCUT2D eigenvalue weighted by Gasteiger charge is 2.15. The molecule has 0 radical (unpaired) electrons. The molecule has 1 aromatic rings. The molecule has 0 saturated carbocycles. The predicted molar refractivity (Wildman–Crippen MR) is 81.1 cm³/mol. The molecule has 1 heterocycles. The molecule has 1 aliphatic rings. The van der Waals surface area contributed by atoms with Crippen molar-refractivity contribution < 1.29 is 4.79 Å². The Balaban J connectivity index is 0.00000180. The first-order valence-electron chi connectivity index (χ1n) is 6.73. The molecule has 2 rings (SSSR count). The fraction of sp³-hybridized carbons (Fsp3) is 0.533. The lowest BCUT2D eigenvalue weighted by molar-refractivity contribution is 0.0944. The fourth-order valence-corrected chi connectivity index (χ4v) is 2.41. The maximum atomic E-state index is 12.1. The number of aryl methyl sites for hydroxylation is 2. The zero-order valence-corrected chi connectivity index (χ0v) is 12.5. The maximum Gasteiger partial charge on any atom is 0.251 e. The van der Waals surface area contributed by atoms with E-state index in [0.29, 0.717) is 5.92 Å². The summed E-state index contributed by atoms with van der Waals surface area (Å²) in [7, 11) is 0. The Labute approximate surface area is 121 Å². The van der Waals surface area contributed by atoms with Crippen LogP contribution in [0, 0.1) is 19.8 Å². The Hall–Kier alpha value is -1.06. The van der Waals surface area contributed by atoms with Gasteiger partial charge < -0.3 is 10.6 Å². The van der Waals surface area contributed by atoms with Crippen molar-refractivity contribution in [3.8, 4) is 0 Å². The molecular weight excluding hydrogens is 260 g/mol. The van der Waals surface area contributed by atoms with E-state index in [4.69, 9.17) is 0 Å². The highest BCUT2D eigenvalue weighted by atomic mass is 35.5. The summed E-state index contributed by atoms with van der Waals surface area (Å²) in [6.07, 6.45) is 2.42. The first-order valence-corrected chi connectivity index (χ1v) is 6.73. The van der Waals surface area contributed by atoms with Crippen molar-refractivity contribution >= 4 is 18.3 Å². The first kappa shape index (κ1) is 16.0. The quantitative estimate of drug-likeness (QED) is 0.894. The van der Waals surface area contributed by atoms with Crippen LogP contribution in [0.3, 0.4) is 0 Å². The van der Waals surface area contributed by atoms with Crippen LogP contribution in [0.15, 0.2) is 18.2 Å². The van der Waals surface area contributed by atoms with Crippen LogP contribution in [0.1, 0.15) is 34.3 Å². The standard InChI is InChI=1S/C15H22N2O.ClH/c1-11-5-6-12(2)14(8-11)15(18)17-10-13-4-3-7-16-9-13;/h5-6,8,13,16H,3-4,7,9-10H2,1-2H3,(H,17,18);1H. The minimum absolute atomic E-state index is 0. The first-order chi connectivity index (χ1) is 8.66. The molecule has 2 N–H and O–H groups in total. The van der Waals surface area contributed by atoms with E-state index >= 15 is 0 Å². The number of carbonyl (C=O) groups excluding carboxylic acids is 1. The molecule has 106 valence electrons. The summed E-state index contributed by atoms with van der Waals surface area (Å²) in [5.74, 6) is 0.634. The average Bonchev–Trinajstić information content (AvgIpc) is 2.40. The maximum absolute atomic E-state index is 12.1. The Kier molecular flexibility index (Phi) is 6.32. The van der Waals surface area contributed by atoms with E-state index in [9.17, 15) is 4.79 Å². The molecule has 1 amide bonds. The van der Waals surface area contributed by atoms with E-state index in [1.54, 1.807) is 0 Å². The highest BCUT2D eigenvalue weighted by molar-refractivity contribution is 5.95. The zero-order valence-electron chi connectivity index (χ0n) is 11.7. The number of amides is 1. The van der Waals surface area contributed by atoms with Gasteiger partial charge in [0.2, 0.25) is 0 Å². The van der Waals surface area contributed by atoms with Gasteiger partial charge in [0.1, 0.15) is 0 Å². The summed E-state index contributed by atoms with van der Waals surface area (Å²) < 4.78 is 0. The monoisotopic (exact) mass is 282 g/mol. The third-order valence-electron chi connectivity index (χ3n) is 3.59. The number of hydrogen-bond donors (Lipinski definition) is 2. The van der Waals surface area contributed by atoms with Gasteiger partial charge in [-0.15, -0.1) is 12.4 Å². The molecule has 0 spiro atoms. The predicted octanol–water partition coefficient (Wildman–Crippen LogP) is 2.45. The van der Waals surface area contributed by atoms with Gasteiger partial charge in [-0.25, -0.2) is 0 Å². The SMILES string of the molecule is Cc1ccc(C)c(C(=O)NCC2CCCNC2)c1.Cl. The van der Waals surface area contributed by atoms with Gasteiger partial charge >= 0.3 is 0 Å². The lowest BCUT2D eigenvalue weighted by Gasteiger charge is -2.23. The van der Waals surface area contributed by atoms with Crippen LogP contribution < -0.4 is 10.6 Å². The molecule has 3 nitrogen and oxygen atoms in total. The molecule has 1 fully saturated rings. The summed E-state index contributed by atoms with van der Waals surface area (Å²) in [5.41, 5.74) is 2.98. The van der Waals surface area contributed by atoms with Crippen molar-refractivity contribution in [1.82, 2.24) is 10.6 Å². The number of halogens is 1. The smallest absolute Gasteiger partial charge is 0.251 e. The fourth-order valence-electron chi connectivity index (χ4n) is 2.41. The third-order valence-corrected chi connectivity index (χ3v) is 3.59. The molecule has 0 aliphatic carbocycles. The van der Waals surface area contributed by atoms with Crippen LogP contribution in [0.4, 0.5) is 0 Å². The number of carbonyl (C=O) groups is 1. The molecule has 0 aromatic heterocycles. The molecule has 1 unspecified atom stereocenters. The summed E-state index contributed by atoms with van der Waals surface area (Å²) in [4.78, 5) is 12.1. The van der Waals surface area contributed by atoms with Gasteiger partial charge in [-0.1, -0.05) is 17.7 Å². The lowest BCUT2D eigenvalue weighted by atomic mass is 9.99. The third kappa shape index (κ3) is 4.51. The van der Waals surface area contributed by atoms with Gasteiger partial charge in [0.05, 0.1) is 0 Å². The Morgan fingerprint density at radius 2 is 2.21 bits per heavy atom. The molecular formula is C15H23ClN2O. The normalized spacial score (nSPS) is 18.5. The van der Waals surface area contributed by atoms with E-state index < -0.39 is 0 Å². The molecule has 1 aliphatic heterocycles. The van der Waals surface area contributed by atoms with Gasteiger partial charge in [0.15, 0.2) is 0 Å². The second kappa shape index (κ2) is 7.51. The number of hydrogen-bond acceptors (Lipinski definition) is 2. The number of piperidine rings is 1. The summed E-state index contributed by atoms with van der Waals surface area (Å²) in [6.45, 7) is 6.91. The Bertz CT molecular complexity index is 428. The van der Waals surface area contributed by atoms with Crippen molar-refractivity contribution in [2.75, 3.05) is 19.6 Å². The number of nitrogens with one attached hydrogen (secondary N) is 2. The minimum atomic E-state index is 0. The van der Waals surface area contributed by atoms with Crippen LogP contribution in [-0.2, 0) is 0 Å². The van der Waals surface area contributed by atoms with Gasteiger partial charge in [-0.3, -0.25) is 4.79 Å². The van der Waals surface area contributed by atoms with E-state index in [2.05, 4.69) is 10.6 Å². The zero-order chi connectivity index (χ0) is 13.0. The largest absolute Gasteiger partial charge is 0.352 e. The molecule has 1 aromatic carbocycles. The molecule has 4 heteroatoms. The number of rotatable bonds is 3. The van der Waals surface area contributed by atoms with Crippen molar-refractivity contribution in [1.29, 1.82) is 0 Å². The van der Waals surface area contributed by atoms with Crippen molar-refractivity contribution in [2.24, 2.45) is 5.92 Å². The van der Waals surface area contributed by atoms with Gasteiger partial charge in [0.25, 0.3) is 5.91 Å². The van der Waals surface area contributed by atoms with Gasteiger partial charge in [-0.05, 0) is 57.3 Å². The van der Waals surface area contributed by atoms with Gasteiger partial charge in [-0.2, -0.15) is 0 Å². The number of benzene rings is 1. The van der Waals surface area contributed by atoms with Crippen molar-refractivity contribution in [3.05, 3.63) is 34.9 Å². The van der Waals surface area contributed by atoms with Crippen LogP contribution in [0.2, 0.25) is 0 Å². The lowest BCUT2D eigenvalue weighted by Crippen LogP contribution is -2.38. The van der Waals surface area contributed by atoms with Gasteiger partial charge in [0, 0.05) is 12.1 Å². The van der Waals surface area contributed by atoms with Crippen LogP contribution >= 0.6 is 12.4 Å². The van der Waals surface area contributed by atoms with Crippen molar-refractivity contribution in [2.45, 2.75) is 26.7 Å².